The van der Waals surface area contributed by atoms with Crippen LogP contribution in [0.4, 0.5) is 10.5 Å². The topological polar surface area (TPSA) is 63.2 Å². The van der Waals surface area contributed by atoms with E-state index in [4.69, 9.17) is 4.74 Å². The van der Waals surface area contributed by atoms with Gasteiger partial charge in [0, 0.05) is 29.6 Å². The zero-order valence-electron chi connectivity index (χ0n) is 13.9. The minimum absolute atomic E-state index is 0.231. The summed E-state index contributed by atoms with van der Waals surface area (Å²) in [6.07, 6.45) is 0.702. The van der Waals surface area contributed by atoms with Crippen molar-refractivity contribution in [1.82, 2.24) is 10.3 Å². The van der Waals surface area contributed by atoms with Crippen LogP contribution in [0.15, 0.2) is 60.0 Å². The number of ether oxygens (including phenoxy) is 1. The fraction of sp³-hybridized carbons (Fsp3) is 0.158. The van der Waals surface area contributed by atoms with E-state index in [0.29, 0.717) is 13.0 Å². The van der Waals surface area contributed by atoms with Gasteiger partial charge in [-0.05, 0) is 24.3 Å². The minimum atomic E-state index is -0.231. The van der Waals surface area contributed by atoms with Crippen LogP contribution in [0.3, 0.4) is 0 Å². The second-order valence-electron chi connectivity index (χ2n) is 5.35. The molecule has 0 saturated heterocycles. The van der Waals surface area contributed by atoms with Crippen molar-refractivity contribution < 1.29 is 9.53 Å². The van der Waals surface area contributed by atoms with Gasteiger partial charge in [-0.3, -0.25) is 0 Å². The molecule has 25 heavy (non-hydrogen) atoms. The monoisotopic (exact) mass is 353 g/mol. The Kier molecular flexibility index (Phi) is 5.64. The average molecular weight is 353 g/mol. The molecule has 2 N–H and O–H groups in total. The number of hydrogen-bond donors (Lipinski definition) is 2. The molecule has 1 heterocycles. The smallest absolute Gasteiger partial charge is 0.319 e. The van der Waals surface area contributed by atoms with Gasteiger partial charge in [-0.15, -0.1) is 11.3 Å². The first kappa shape index (κ1) is 17.0. The molecule has 0 aliphatic carbocycles. The van der Waals surface area contributed by atoms with Crippen LogP contribution in [0.25, 0.3) is 11.3 Å². The summed E-state index contributed by atoms with van der Waals surface area (Å²) in [5, 5.41) is 8.68. The summed E-state index contributed by atoms with van der Waals surface area (Å²) in [6, 6.07) is 17.0. The lowest BCUT2D eigenvalue weighted by molar-refractivity contribution is 0.252. The van der Waals surface area contributed by atoms with Crippen LogP contribution < -0.4 is 15.4 Å². The number of nitrogens with one attached hydrogen (secondary N) is 2. The maximum absolute atomic E-state index is 11.9. The molecule has 5 nitrogen and oxygen atoms in total. The number of anilines is 1. The molecule has 0 fully saturated rings. The highest BCUT2D eigenvalue weighted by Gasteiger charge is 2.06. The predicted molar refractivity (Wildman–Crippen MR) is 101 cm³/mol. The van der Waals surface area contributed by atoms with E-state index in [2.05, 4.69) is 15.6 Å². The number of benzene rings is 2. The van der Waals surface area contributed by atoms with Crippen LogP contribution in [0.2, 0.25) is 0 Å². The zero-order chi connectivity index (χ0) is 17.5. The molecule has 0 aliphatic rings. The molecule has 0 aliphatic heterocycles. The van der Waals surface area contributed by atoms with Gasteiger partial charge in [0.1, 0.15) is 5.75 Å². The lowest BCUT2D eigenvalue weighted by atomic mass is 10.2. The van der Waals surface area contributed by atoms with E-state index in [1.807, 2.05) is 35.7 Å². The lowest BCUT2D eigenvalue weighted by Gasteiger charge is -2.07. The average Bonchev–Trinajstić information content (AvgIpc) is 3.12. The van der Waals surface area contributed by atoms with Gasteiger partial charge in [0.15, 0.2) is 0 Å². The van der Waals surface area contributed by atoms with Crippen LogP contribution in [0, 0.1) is 0 Å². The number of nitrogens with zero attached hydrogens (tertiary/aromatic N) is 1. The highest BCUT2D eigenvalue weighted by atomic mass is 32.1. The number of urea groups is 1. The molecular formula is C19H19N3O2S. The minimum Gasteiger partial charge on any atom is -0.497 e. The molecule has 1 aromatic heterocycles. The molecule has 0 spiro atoms. The third-order valence-corrected chi connectivity index (χ3v) is 4.50. The van der Waals surface area contributed by atoms with Gasteiger partial charge in [-0.1, -0.05) is 30.3 Å². The number of rotatable bonds is 6. The Morgan fingerprint density at radius 1 is 1.12 bits per heavy atom. The van der Waals surface area contributed by atoms with Crippen molar-refractivity contribution in [2.75, 3.05) is 19.0 Å². The maximum atomic E-state index is 11.9. The van der Waals surface area contributed by atoms with E-state index < -0.39 is 0 Å². The second-order valence-corrected chi connectivity index (χ2v) is 6.29. The van der Waals surface area contributed by atoms with Crippen molar-refractivity contribution in [3.05, 3.63) is 65.0 Å². The normalized spacial score (nSPS) is 10.3. The summed E-state index contributed by atoms with van der Waals surface area (Å²) in [4.78, 5) is 16.5. The molecule has 0 bridgehead atoms. The van der Waals surface area contributed by atoms with E-state index in [9.17, 15) is 4.79 Å². The Labute approximate surface area is 150 Å². The van der Waals surface area contributed by atoms with Gasteiger partial charge in [-0.25, -0.2) is 9.78 Å². The molecule has 2 amide bonds. The van der Waals surface area contributed by atoms with E-state index in [-0.39, 0.29) is 6.03 Å². The van der Waals surface area contributed by atoms with Crippen molar-refractivity contribution >= 4 is 23.1 Å². The Balaban J connectivity index is 1.46. The molecule has 3 aromatic rings. The molecule has 3 rings (SSSR count). The van der Waals surface area contributed by atoms with Crippen molar-refractivity contribution in [3.8, 4) is 17.0 Å². The van der Waals surface area contributed by atoms with E-state index in [0.717, 1.165) is 27.7 Å². The van der Waals surface area contributed by atoms with Crippen LogP contribution in [-0.4, -0.2) is 24.7 Å². The summed E-state index contributed by atoms with van der Waals surface area (Å²) in [5.41, 5.74) is 2.80. The molecule has 0 saturated carbocycles. The summed E-state index contributed by atoms with van der Waals surface area (Å²) >= 11 is 1.61. The summed E-state index contributed by atoms with van der Waals surface area (Å²) < 4.78 is 5.09. The second kappa shape index (κ2) is 8.30. The predicted octanol–water partition coefficient (Wildman–Crippen LogP) is 4.18. The first-order chi connectivity index (χ1) is 12.2. The molecule has 2 aromatic carbocycles. The number of amides is 2. The number of carbonyl (C=O) groups is 1. The van der Waals surface area contributed by atoms with Gasteiger partial charge >= 0.3 is 6.03 Å². The largest absolute Gasteiger partial charge is 0.497 e. The first-order valence-corrected chi connectivity index (χ1v) is 8.81. The number of carbonyl (C=O) groups excluding carboxylic acids is 1. The van der Waals surface area contributed by atoms with Crippen LogP contribution in [-0.2, 0) is 6.42 Å². The number of thiazole rings is 1. The van der Waals surface area contributed by atoms with Gasteiger partial charge in [0.05, 0.1) is 17.8 Å². The quantitative estimate of drug-likeness (QED) is 0.699. The van der Waals surface area contributed by atoms with Crippen molar-refractivity contribution in [2.24, 2.45) is 0 Å². The van der Waals surface area contributed by atoms with Gasteiger partial charge in [0.25, 0.3) is 0 Å². The third-order valence-electron chi connectivity index (χ3n) is 3.59. The molecule has 128 valence electrons. The van der Waals surface area contributed by atoms with Crippen molar-refractivity contribution in [1.29, 1.82) is 0 Å². The number of aromatic nitrogens is 1. The van der Waals surface area contributed by atoms with Gasteiger partial charge in [0.2, 0.25) is 0 Å². The molecule has 6 heteroatoms. The Morgan fingerprint density at radius 3 is 2.60 bits per heavy atom. The van der Waals surface area contributed by atoms with Gasteiger partial charge in [-0.2, -0.15) is 0 Å². The Morgan fingerprint density at radius 2 is 1.88 bits per heavy atom. The molecule has 0 unspecified atom stereocenters. The highest BCUT2D eigenvalue weighted by Crippen LogP contribution is 2.21. The maximum Gasteiger partial charge on any atom is 0.319 e. The summed E-state index contributed by atoms with van der Waals surface area (Å²) in [5.74, 6) is 0.754. The Bertz CT molecular complexity index is 816. The zero-order valence-corrected chi connectivity index (χ0v) is 14.7. The SMILES string of the molecule is COc1ccc(NC(=O)NCCc2nc(-c3ccccc3)cs2)cc1. The van der Waals surface area contributed by atoms with Crippen molar-refractivity contribution in [2.45, 2.75) is 6.42 Å². The third kappa shape index (κ3) is 4.81. The van der Waals surface area contributed by atoms with Crippen LogP contribution in [0.5, 0.6) is 5.75 Å². The summed E-state index contributed by atoms with van der Waals surface area (Å²) in [6.45, 7) is 0.531. The fourth-order valence-corrected chi connectivity index (χ4v) is 3.11. The first-order valence-electron chi connectivity index (χ1n) is 7.93. The standard InChI is InChI=1S/C19H19N3O2S/c1-24-16-9-7-15(8-10-16)21-19(23)20-12-11-18-22-17(13-25-18)14-5-3-2-4-6-14/h2-10,13H,11-12H2,1H3,(H2,20,21,23). The lowest BCUT2D eigenvalue weighted by Crippen LogP contribution is -2.30. The molecule has 0 radical (unpaired) electrons. The van der Waals surface area contributed by atoms with E-state index >= 15 is 0 Å². The molecule has 0 atom stereocenters. The molecular weight excluding hydrogens is 334 g/mol. The van der Waals surface area contributed by atoms with Gasteiger partial charge < -0.3 is 15.4 Å². The number of methoxy groups -OCH3 is 1. The Hall–Kier alpha value is -2.86. The van der Waals surface area contributed by atoms with E-state index in [1.165, 1.54) is 0 Å². The highest BCUT2D eigenvalue weighted by molar-refractivity contribution is 7.09. The van der Waals surface area contributed by atoms with Crippen molar-refractivity contribution in [3.63, 3.8) is 0 Å². The fourth-order valence-electron chi connectivity index (χ4n) is 2.30. The van der Waals surface area contributed by atoms with Crippen LogP contribution in [0.1, 0.15) is 5.01 Å². The van der Waals surface area contributed by atoms with E-state index in [1.54, 1.807) is 42.7 Å². The van der Waals surface area contributed by atoms with Crippen LogP contribution >= 0.6 is 11.3 Å². The number of hydrogen-bond acceptors (Lipinski definition) is 4. The summed E-state index contributed by atoms with van der Waals surface area (Å²) in [7, 11) is 1.61.